The number of piperidine rings is 1. The Kier molecular flexibility index (Phi) is 4.73. The number of benzene rings is 2. The Morgan fingerprint density at radius 2 is 1.62 bits per heavy atom. The van der Waals surface area contributed by atoms with Crippen molar-refractivity contribution in [1.29, 1.82) is 0 Å². The molecule has 1 N–H and O–H groups in total. The van der Waals surface area contributed by atoms with Crippen LogP contribution in [0.1, 0.15) is 29.8 Å². The summed E-state index contributed by atoms with van der Waals surface area (Å²) in [7, 11) is 0. The van der Waals surface area contributed by atoms with Gasteiger partial charge in [0.25, 0.3) is 5.91 Å². The quantitative estimate of drug-likeness (QED) is 0.707. The lowest BCUT2D eigenvalue weighted by Crippen LogP contribution is -2.30. The van der Waals surface area contributed by atoms with Gasteiger partial charge in [-0.05, 0) is 43.0 Å². The first-order valence-corrected chi connectivity index (χ1v) is 9.11. The number of hydrogen-bond donors (Lipinski definition) is 1. The topological polar surface area (TPSA) is 45.5 Å². The van der Waals surface area contributed by atoms with Gasteiger partial charge in [-0.15, -0.1) is 0 Å². The molecule has 1 saturated heterocycles. The molecule has 2 aromatic carbocycles. The number of para-hydroxylation sites is 2. The molecule has 1 fully saturated rings. The van der Waals surface area contributed by atoms with Gasteiger partial charge in [0.05, 0.1) is 17.6 Å². The molecule has 0 saturated carbocycles. The minimum absolute atomic E-state index is 0.224. The third-order valence-electron chi connectivity index (χ3n) is 4.81. The molecule has 0 unspecified atom stereocenters. The monoisotopic (exact) mass is 346 g/mol. The van der Waals surface area contributed by atoms with Crippen LogP contribution in [0.15, 0.2) is 71.3 Å². The smallest absolute Gasteiger partial charge is 0.292 e. The molecule has 3 aromatic rings. The molecule has 26 heavy (non-hydrogen) atoms. The molecule has 0 radical (unpaired) electrons. The van der Waals surface area contributed by atoms with Crippen molar-refractivity contribution in [3.63, 3.8) is 0 Å². The van der Waals surface area contributed by atoms with E-state index in [0.717, 1.165) is 35.6 Å². The molecule has 4 heteroatoms. The van der Waals surface area contributed by atoms with Gasteiger partial charge < -0.3 is 14.6 Å². The van der Waals surface area contributed by atoms with Crippen LogP contribution in [0.5, 0.6) is 0 Å². The Balaban J connectivity index is 1.59. The number of furan rings is 1. The lowest BCUT2D eigenvalue weighted by molar-refractivity contribution is 0.0997. The van der Waals surface area contributed by atoms with Gasteiger partial charge in [-0.2, -0.15) is 0 Å². The van der Waals surface area contributed by atoms with Crippen LogP contribution in [0.25, 0.3) is 11.1 Å². The van der Waals surface area contributed by atoms with Crippen molar-refractivity contribution in [2.45, 2.75) is 19.3 Å². The second-order valence-electron chi connectivity index (χ2n) is 6.55. The summed E-state index contributed by atoms with van der Waals surface area (Å²) in [5.41, 5.74) is 3.68. The normalized spacial score (nSPS) is 14.2. The van der Waals surface area contributed by atoms with E-state index >= 15 is 0 Å². The highest BCUT2D eigenvalue weighted by molar-refractivity contribution is 6.08. The third kappa shape index (κ3) is 3.36. The zero-order valence-corrected chi connectivity index (χ0v) is 14.7. The third-order valence-corrected chi connectivity index (χ3v) is 4.81. The lowest BCUT2D eigenvalue weighted by atomic mass is 10.1. The number of carbonyl (C=O) groups is 1. The SMILES string of the molecule is O=C(Nc1ccccc1N1CCCCC1)c1occc1-c1ccccc1. The van der Waals surface area contributed by atoms with Crippen molar-refractivity contribution >= 4 is 17.3 Å². The van der Waals surface area contributed by atoms with Gasteiger partial charge in [0.1, 0.15) is 0 Å². The van der Waals surface area contributed by atoms with Crippen LogP contribution in [-0.2, 0) is 0 Å². The molecular weight excluding hydrogens is 324 g/mol. The second kappa shape index (κ2) is 7.48. The number of hydrogen-bond acceptors (Lipinski definition) is 3. The number of amides is 1. The summed E-state index contributed by atoms with van der Waals surface area (Å²) in [5, 5.41) is 3.05. The maximum atomic E-state index is 12.9. The van der Waals surface area contributed by atoms with E-state index in [1.807, 2.05) is 54.6 Å². The van der Waals surface area contributed by atoms with Gasteiger partial charge in [0.15, 0.2) is 5.76 Å². The molecule has 4 nitrogen and oxygen atoms in total. The van der Waals surface area contributed by atoms with Gasteiger partial charge >= 0.3 is 0 Å². The molecule has 1 aliphatic rings. The minimum atomic E-state index is -0.224. The average molecular weight is 346 g/mol. The number of nitrogens with zero attached hydrogens (tertiary/aromatic N) is 1. The number of rotatable bonds is 4. The lowest BCUT2D eigenvalue weighted by Gasteiger charge is -2.30. The maximum Gasteiger partial charge on any atom is 0.292 e. The molecular formula is C22H22N2O2. The minimum Gasteiger partial charge on any atom is -0.459 e. The van der Waals surface area contributed by atoms with Crippen LogP contribution in [0, 0.1) is 0 Å². The fourth-order valence-corrected chi connectivity index (χ4v) is 3.50. The van der Waals surface area contributed by atoms with Crippen molar-refractivity contribution in [1.82, 2.24) is 0 Å². The van der Waals surface area contributed by atoms with Crippen LogP contribution in [0.2, 0.25) is 0 Å². The van der Waals surface area contributed by atoms with E-state index in [9.17, 15) is 4.79 Å². The summed E-state index contributed by atoms with van der Waals surface area (Å²) >= 11 is 0. The summed E-state index contributed by atoms with van der Waals surface area (Å²) in [4.78, 5) is 15.2. The van der Waals surface area contributed by atoms with Gasteiger partial charge in [0, 0.05) is 18.7 Å². The summed E-state index contributed by atoms with van der Waals surface area (Å²) in [6.45, 7) is 2.06. The van der Waals surface area contributed by atoms with Crippen LogP contribution >= 0.6 is 0 Å². The molecule has 1 aromatic heterocycles. The Labute approximate surface area is 153 Å². The van der Waals surface area contributed by atoms with Crippen molar-refractivity contribution in [2.24, 2.45) is 0 Å². The zero-order chi connectivity index (χ0) is 17.8. The van der Waals surface area contributed by atoms with Crippen molar-refractivity contribution in [2.75, 3.05) is 23.3 Å². The molecule has 2 heterocycles. The summed E-state index contributed by atoms with van der Waals surface area (Å²) < 4.78 is 5.51. The summed E-state index contributed by atoms with van der Waals surface area (Å²) in [5.74, 6) is 0.114. The number of nitrogens with one attached hydrogen (secondary N) is 1. The Bertz CT molecular complexity index is 880. The standard InChI is InChI=1S/C22H22N2O2/c25-22(21-18(13-16-26-21)17-9-3-1-4-10-17)23-19-11-5-6-12-20(19)24-14-7-2-8-15-24/h1,3-6,9-13,16H,2,7-8,14-15H2,(H,23,25). The van der Waals surface area contributed by atoms with Crippen molar-refractivity contribution < 1.29 is 9.21 Å². The Morgan fingerprint density at radius 1 is 0.885 bits per heavy atom. The fourth-order valence-electron chi connectivity index (χ4n) is 3.50. The molecule has 4 rings (SSSR count). The maximum absolute atomic E-state index is 12.9. The van der Waals surface area contributed by atoms with Crippen LogP contribution in [0.3, 0.4) is 0 Å². The summed E-state index contributed by atoms with van der Waals surface area (Å²) in [6.07, 6.45) is 5.23. The first kappa shape index (κ1) is 16.5. The zero-order valence-electron chi connectivity index (χ0n) is 14.7. The molecule has 0 atom stereocenters. The van der Waals surface area contributed by atoms with Gasteiger partial charge in [-0.3, -0.25) is 4.79 Å². The Morgan fingerprint density at radius 3 is 2.42 bits per heavy atom. The first-order valence-electron chi connectivity index (χ1n) is 9.11. The first-order chi connectivity index (χ1) is 12.8. The highest BCUT2D eigenvalue weighted by Crippen LogP contribution is 2.30. The molecule has 0 bridgehead atoms. The van der Waals surface area contributed by atoms with E-state index in [1.165, 1.54) is 19.3 Å². The second-order valence-corrected chi connectivity index (χ2v) is 6.55. The predicted molar refractivity (Wildman–Crippen MR) is 105 cm³/mol. The van der Waals surface area contributed by atoms with Crippen LogP contribution in [-0.4, -0.2) is 19.0 Å². The molecule has 0 spiro atoms. The van der Waals surface area contributed by atoms with E-state index in [0.29, 0.717) is 5.76 Å². The molecule has 0 aliphatic carbocycles. The van der Waals surface area contributed by atoms with Gasteiger partial charge in [0.2, 0.25) is 0 Å². The number of anilines is 2. The van der Waals surface area contributed by atoms with E-state index in [-0.39, 0.29) is 5.91 Å². The van der Waals surface area contributed by atoms with Crippen molar-refractivity contribution in [3.8, 4) is 11.1 Å². The van der Waals surface area contributed by atoms with E-state index in [1.54, 1.807) is 6.26 Å². The Hall–Kier alpha value is -3.01. The number of carbonyl (C=O) groups excluding carboxylic acids is 1. The predicted octanol–water partition coefficient (Wildman–Crippen LogP) is 5.19. The van der Waals surface area contributed by atoms with E-state index in [4.69, 9.17) is 4.42 Å². The molecule has 132 valence electrons. The summed E-state index contributed by atoms with van der Waals surface area (Å²) in [6, 6.07) is 19.6. The largest absolute Gasteiger partial charge is 0.459 e. The molecule has 1 amide bonds. The average Bonchev–Trinajstić information content (AvgIpc) is 3.20. The van der Waals surface area contributed by atoms with Crippen molar-refractivity contribution in [3.05, 3.63) is 72.7 Å². The van der Waals surface area contributed by atoms with E-state index < -0.39 is 0 Å². The van der Waals surface area contributed by atoms with Gasteiger partial charge in [-0.25, -0.2) is 0 Å². The molecule has 1 aliphatic heterocycles. The van der Waals surface area contributed by atoms with Crippen LogP contribution < -0.4 is 10.2 Å². The highest BCUT2D eigenvalue weighted by atomic mass is 16.3. The van der Waals surface area contributed by atoms with Gasteiger partial charge in [-0.1, -0.05) is 42.5 Å². The fraction of sp³-hybridized carbons (Fsp3) is 0.227. The highest BCUT2D eigenvalue weighted by Gasteiger charge is 2.20. The van der Waals surface area contributed by atoms with Crippen LogP contribution in [0.4, 0.5) is 11.4 Å². The van der Waals surface area contributed by atoms with E-state index in [2.05, 4.69) is 16.3 Å².